The van der Waals surface area contributed by atoms with Crippen molar-refractivity contribution in [1.29, 1.82) is 0 Å². The van der Waals surface area contributed by atoms with Gasteiger partial charge in [0, 0.05) is 0 Å². The molecule has 0 saturated heterocycles. The highest BCUT2D eigenvalue weighted by atomic mass is 15.3. The highest BCUT2D eigenvalue weighted by molar-refractivity contribution is 5.41. The summed E-state index contributed by atoms with van der Waals surface area (Å²) in [6.45, 7) is 0. The van der Waals surface area contributed by atoms with Crippen molar-refractivity contribution in [3.8, 4) is 0 Å². The molecule has 1 aromatic heterocycles. The molecule has 0 saturated carbocycles. The number of nitrogens with zero attached hydrogens (tertiary/aromatic N) is 2. The molecule has 1 heterocycles. The standard InChI is InChI=1S/C12H12N3/c1-2-6-11(7-3-1)8-4-5-9-12-10-13-15-14-12/h1-3,5-7,9H,4,8H2,(H,13,14,15). The number of rotatable bonds is 4. The van der Waals surface area contributed by atoms with Gasteiger partial charge in [-0.15, -0.1) is 5.10 Å². The summed E-state index contributed by atoms with van der Waals surface area (Å²) >= 11 is 0. The molecule has 0 spiro atoms. The van der Waals surface area contributed by atoms with E-state index in [1.165, 1.54) is 5.56 Å². The van der Waals surface area contributed by atoms with Crippen molar-refractivity contribution >= 4 is 6.08 Å². The molecule has 0 aliphatic rings. The van der Waals surface area contributed by atoms with Gasteiger partial charge < -0.3 is 0 Å². The summed E-state index contributed by atoms with van der Waals surface area (Å²) in [5.74, 6) is 0. The minimum absolute atomic E-state index is 0.753. The van der Waals surface area contributed by atoms with Crippen molar-refractivity contribution in [2.75, 3.05) is 0 Å². The number of H-pyrrole nitrogens is 1. The van der Waals surface area contributed by atoms with Gasteiger partial charge in [0.25, 0.3) is 0 Å². The predicted octanol–water partition coefficient (Wildman–Crippen LogP) is 2.25. The van der Waals surface area contributed by atoms with Gasteiger partial charge in [-0.25, -0.2) is 0 Å². The molecule has 0 fully saturated rings. The lowest BCUT2D eigenvalue weighted by Gasteiger charge is -1.95. The van der Waals surface area contributed by atoms with Gasteiger partial charge in [-0.05, 0) is 24.5 Å². The first-order valence-electron chi connectivity index (χ1n) is 4.94. The Labute approximate surface area is 88.8 Å². The van der Waals surface area contributed by atoms with Gasteiger partial charge in [-0.1, -0.05) is 41.6 Å². The quantitative estimate of drug-likeness (QED) is 0.818. The minimum atomic E-state index is 0.753. The van der Waals surface area contributed by atoms with Crippen LogP contribution in [0.2, 0.25) is 0 Å². The molecule has 2 aromatic rings. The van der Waals surface area contributed by atoms with E-state index in [0.29, 0.717) is 0 Å². The van der Waals surface area contributed by atoms with Gasteiger partial charge in [0.15, 0.2) is 0 Å². The first-order valence-corrected chi connectivity index (χ1v) is 4.94. The molecular formula is C12H12N3. The third kappa shape index (κ3) is 3.06. The maximum absolute atomic E-state index is 3.81. The predicted molar refractivity (Wildman–Crippen MR) is 59.0 cm³/mol. The third-order valence-electron chi connectivity index (χ3n) is 2.11. The summed E-state index contributed by atoms with van der Waals surface area (Å²) in [7, 11) is 0. The van der Waals surface area contributed by atoms with Crippen molar-refractivity contribution in [2.45, 2.75) is 12.8 Å². The average molecular weight is 198 g/mol. The zero-order valence-corrected chi connectivity index (χ0v) is 8.35. The number of benzene rings is 1. The zero-order chi connectivity index (χ0) is 10.3. The van der Waals surface area contributed by atoms with Gasteiger partial charge in [0.2, 0.25) is 0 Å². The molecule has 3 nitrogen and oxygen atoms in total. The van der Waals surface area contributed by atoms with Crippen molar-refractivity contribution in [3.63, 3.8) is 0 Å². The molecule has 0 amide bonds. The van der Waals surface area contributed by atoms with Crippen LogP contribution in [0.4, 0.5) is 0 Å². The van der Waals surface area contributed by atoms with E-state index < -0.39 is 0 Å². The SMILES string of the molecule is [c]1[nH]nnc1C=CCCc1ccccc1. The van der Waals surface area contributed by atoms with E-state index in [-0.39, 0.29) is 0 Å². The topological polar surface area (TPSA) is 41.6 Å². The molecule has 0 atom stereocenters. The van der Waals surface area contributed by atoms with E-state index in [1.807, 2.05) is 12.1 Å². The van der Waals surface area contributed by atoms with Crippen LogP contribution >= 0.6 is 0 Å². The number of aromatic amines is 1. The van der Waals surface area contributed by atoms with Crippen LogP contribution in [0.1, 0.15) is 17.7 Å². The number of nitrogens with one attached hydrogen (secondary N) is 1. The Kier molecular flexibility index (Phi) is 3.28. The molecule has 1 aromatic carbocycles. The van der Waals surface area contributed by atoms with E-state index in [1.54, 1.807) is 0 Å². The van der Waals surface area contributed by atoms with Crippen molar-refractivity contribution in [3.05, 3.63) is 53.9 Å². The molecule has 2 rings (SSSR count). The van der Waals surface area contributed by atoms with Crippen LogP contribution in [0.3, 0.4) is 0 Å². The second-order valence-corrected chi connectivity index (χ2v) is 3.25. The van der Waals surface area contributed by atoms with Gasteiger partial charge in [0.05, 0.1) is 0 Å². The Morgan fingerprint density at radius 2 is 2.13 bits per heavy atom. The summed E-state index contributed by atoms with van der Waals surface area (Å²) in [5, 5.41) is 9.94. The van der Waals surface area contributed by atoms with Crippen LogP contribution < -0.4 is 0 Å². The average Bonchev–Trinajstić information content (AvgIpc) is 2.79. The van der Waals surface area contributed by atoms with E-state index >= 15 is 0 Å². The van der Waals surface area contributed by atoms with Crippen LogP contribution in [-0.4, -0.2) is 15.4 Å². The molecule has 0 bridgehead atoms. The normalized spacial score (nSPS) is 10.9. The highest BCUT2D eigenvalue weighted by Crippen LogP contribution is 2.03. The Morgan fingerprint density at radius 3 is 2.87 bits per heavy atom. The number of hydrogen-bond acceptors (Lipinski definition) is 2. The molecular weight excluding hydrogens is 186 g/mol. The van der Waals surface area contributed by atoms with Crippen molar-refractivity contribution in [2.24, 2.45) is 0 Å². The fraction of sp³-hybridized carbons (Fsp3) is 0.167. The molecule has 0 aliphatic heterocycles. The zero-order valence-electron chi connectivity index (χ0n) is 8.35. The fourth-order valence-electron chi connectivity index (χ4n) is 1.35. The largest absolute Gasteiger partial charge is 0.255 e. The lowest BCUT2D eigenvalue weighted by Crippen LogP contribution is -1.81. The number of hydrogen-bond donors (Lipinski definition) is 1. The Morgan fingerprint density at radius 1 is 1.27 bits per heavy atom. The first kappa shape index (κ1) is 9.65. The van der Waals surface area contributed by atoms with E-state index in [9.17, 15) is 0 Å². The number of aromatic nitrogens is 3. The van der Waals surface area contributed by atoms with Gasteiger partial charge >= 0.3 is 0 Å². The molecule has 0 unspecified atom stereocenters. The third-order valence-corrected chi connectivity index (χ3v) is 2.11. The van der Waals surface area contributed by atoms with Crippen LogP contribution in [0.15, 0.2) is 36.4 Å². The van der Waals surface area contributed by atoms with Crippen molar-refractivity contribution in [1.82, 2.24) is 15.4 Å². The lowest BCUT2D eigenvalue weighted by atomic mass is 10.1. The van der Waals surface area contributed by atoms with E-state index in [0.717, 1.165) is 18.5 Å². The van der Waals surface area contributed by atoms with E-state index in [4.69, 9.17) is 0 Å². The number of allylic oxidation sites excluding steroid dienone is 1. The molecule has 3 heteroatoms. The van der Waals surface area contributed by atoms with Gasteiger partial charge in [-0.2, -0.15) is 0 Å². The summed E-state index contributed by atoms with van der Waals surface area (Å²) in [5.41, 5.74) is 2.11. The maximum atomic E-state index is 3.81. The van der Waals surface area contributed by atoms with Gasteiger partial charge in [0.1, 0.15) is 11.9 Å². The van der Waals surface area contributed by atoms with Crippen LogP contribution in [0.25, 0.3) is 6.08 Å². The summed E-state index contributed by atoms with van der Waals surface area (Å²) in [6.07, 6.45) is 8.86. The van der Waals surface area contributed by atoms with Crippen LogP contribution in [0.5, 0.6) is 0 Å². The molecule has 1 N–H and O–H groups in total. The lowest BCUT2D eigenvalue weighted by molar-refractivity contribution is 0.935. The minimum Gasteiger partial charge on any atom is -0.255 e. The Balaban J connectivity index is 1.80. The summed E-state index contributed by atoms with van der Waals surface area (Å²) in [6, 6.07) is 10.4. The number of aryl methyl sites for hydroxylation is 1. The molecule has 75 valence electrons. The van der Waals surface area contributed by atoms with E-state index in [2.05, 4.69) is 51.9 Å². The van der Waals surface area contributed by atoms with Gasteiger partial charge in [-0.3, -0.25) is 5.10 Å². The second-order valence-electron chi connectivity index (χ2n) is 3.25. The molecule has 15 heavy (non-hydrogen) atoms. The first-order chi connectivity index (χ1) is 7.45. The van der Waals surface area contributed by atoms with Crippen LogP contribution in [-0.2, 0) is 6.42 Å². The Hall–Kier alpha value is -1.90. The highest BCUT2D eigenvalue weighted by Gasteiger charge is 1.90. The van der Waals surface area contributed by atoms with Crippen molar-refractivity contribution < 1.29 is 0 Å². The monoisotopic (exact) mass is 198 g/mol. The summed E-state index contributed by atoms with van der Waals surface area (Å²) < 4.78 is 0. The second kappa shape index (κ2) is 5.10. The fourth-order valence-corrected chi connectivity index (χ4v) is 1.35. The Bertz CT molecular complexity index is 404. The van der Waals surface area contributed by atoms with Crippen LogP contribution in [0, 0.1) is 6.20 Å². The molecule has 1 radical (unpaired) electrons. The maximum Gasteiger partial charge on any atom is 0.114 e. The smallest absolute Gasteiger partial charge is 0.114 e. The summed E-state index contributed by atoms with van der Waals surface area (Å²) in [4.78, 5) is 0. The molecule has 0 aliphatic carbocycles.